The predicted octanol–water partition coefficient (Wildman–Crippen LogP) is 2.87. The summed E-state index contributed by atoms with van der Waals surface area (Å²) < 4.78 is 13.8. The molecule has 21 heavy (non-hydrogen) atoms. The van der Waals surface area contributed by atoms with Crippen LogP contribution < -0.4 is 5.32 Å². The van der Waals surface area contributed by atoms with Crippen LogP contribution in [0.25, 0.3) is 0 Å². The van der Waals surface area contributed by atoms with Crippen molar-refractivity contribution in [1.82, 2.24) is 4.90 Å². The van der Waals surface area contributed by atoms with Crippen LogP contribution in [0.5, 0.6) is 0 Å². The Bertz CT molecular complexity index is 627. The zero-order valence-corrected chi connectivity index (χ0v) is 12.9. The minimum atomic E-state index is -0.659. The molecule has 112 valence electrons. The van der Waals surface area contributed by atoms with Crippen LogP contribution in [0.15, 0.2) is 18.2 Å². The van der Waals surface area contributed by atoms with E-state index in [1.807, 2.05) is 6.92 Å². The number of anilines is 1. The van der Waals surface area contributed by atoms with Gasteiger partial charge in [-0.1, -0.05) is 17.7 Å². The van der Waals surface area contributed by atoms with Crippen molar-refractivity contribution >= 4 is 40.9 Å². The molecule has 2 atom stereocenters. The Labute approximate surface area is 131 Å². The van der Waals surface area contributed by atoms with E-state index < -0.39 is 11.9 Å². The lowest BCUT2D eigenvalue weighted by Crippen LogP contribution is -2.48. The van der Waals surface area contributed by atoms with Gasteiger partial charge in [-0.3, -0.25) is 9.59 Å². The average Bonchev–Trinajstić information content (AvgIpc) is 2.92. The van der Waals surface area contributed by atoms with Crippen LogP contribution in [-0.4, -0.2) is 33.4 Å². The van der Waals surface area contributed by atoms with Crippen LogP contribution in [0.3, 0.4) is 0 Å². The fourth-order valence-electron chi connectivity index (χ4n) is 2.83. The van der Waals surface area contributed by atoms with Crippen molar-refractivity contribution in [3.8, 4) is 0 Å². The Hall–Kier alpha value is -1.27. The van der Waals surface area contributed by atoms with Gasteiger partial charge >= 0.3 is 0 Å². The van der Waals surface area contributed by atoms with E-state index in [0.29, 0.717) is 12.2 Å². The number of fused-ring (bicyclic) bond motifs is 1. The van der Waals surface area contributed by atoms with E-state index in [1.165, 1.54) is 12.1 Å². The number of thioether (sulfide) groups is 1. The van der Waals surface area contributed by atoms with E-state index in [9.17, 15) is 14.0 Å². The van der Waals surface area contributed by atoms with E-state index >= 15 is 0 Å². The van der Waals surface area contributed by atoms with Gasteiger partial charge in [-0.05, 0) is 25.5 Å². The van der Waals surface area contributed by atoms with Gasteiger partial charge in [-0.15, -0.1) is 11.8 Å². The summed E-state index contributed by atoms with van der Waals surface area (Å²) in [4.78, 5) is 25.7. The lowest BCUT2D eigenvalue weighted by Gasteiger charge is -2.29. The second kappa shape index (κ2) is 5.18. The van der Waals surface area contributed by atoms with Crippen molar-refractivity contribution in [2.75, 3.05) is 11.1 Å². The summed E-state index contributed by atoms with van der Waals surface area (Å²) in [5.41, 5.74) is 0.0396. The lowest BCUT2D eigenvalue weighted by molar-refractivity contribution is -0.135. The van der Waals surface area contributed by atoms with Crippen LogP contribution in [0.2, 0.25) is 5.02 Å². The molecule has 0 spiro atoms. The molecule has 0 bridgehead atoms. The third-order valence-corrected chi connectivity index (χ3v) is 5.75. The summed E-state index contributed by atoms with van der Waals surface area (Å²) in [5, 5.41) is 2.49. The Kier molecular flexibility index (Phi) is 3.61. The minimum Gasteiger partial charge on any atom is -0.322 e. The zero-order chi connectivity index (χ0) is 15.2. The maximum absolute atomic E-state index is 13.8. The molecule has 3 rings (SSSR count). The van der Waals surface area contributed by atoms with Crippen molar-refractivity contribution in [3.63, 3.8) is 0 Å². The van der Waals surface area contributed by atoms with Gasteiger partial charge in [0.25, 0.3) is 0 Å². The Morgan fingerprint density at radius 2 is 2.33 bits per heavy atom. The summed E-state index contributed by atoms with van der Waals surface area (Å²) in [6, 6.07) is 3.87. The summed E-state index contributed by atoms with van der Waals surface area (Å²) in [5.74, 6) is -0.526. The Balaban J connectivity index is 1.80. The highest BCUT2D eigenvalue weighted by Crippen LogP contribution is 2.47. The van der Waals surface area contributed by atoms with E-state index in [-0.39, 0.29) is 27.4 Å². The van der Waals surface area contributed by atoms with Gasteiger partial charge in [0.15, 0.2) is 5.82 Å². The fraction of sp³-hybridized carbons (Fsp3) is 0.429. The molecular formula is C14H14ClFN2O2S. The van der Waals surface area contributed by atoms with Gasteiger partial charge in [0.05, 0.1) is 15.6 Å². The molecule has 4 nitrogen and oxygen atoms in total. The molecule has 0 saturated carbocycles. The molecule has 2 saturated heterocycles. The van der Waals surface area contributed by atoms with Crippen LogP contribution in [0.4, 0.5) is 10.1 Å². The standard InChI is InChI=1S/C14H14ClFN2O2S/c1-14-6-5-11(19)18(14)10(7-21-14)13(20)17-9-4-2-3-8(15)12(9)16/h2-4,10H,5-7H2,1H3,(H,17,20). The Morgan fingerprint density at radius 3 is 3.10 bits per heavy atom. The number of carbonyl (C=O) groups excluding carboxylic acids is 2. The second-order valence-corrected chi connectivity index (χ2v) is 7.26. The van der Waals surface area contributed by atoms with Gasteiger partial charge in [0.1, 0.15) is 6.04 Å². The quantitative estimate of drug-likeness (QED) is 0.908. The maximum atomic E-state index is 13.8. The van der Waals surface area contributed by atoms with Crippen LogP contribution in [0.1, 0.15) is 19.8 Å². The molecule has 2 fully saturated rings. The molecule has 1 aromatic carbocycles. The SMILES string of the molecule is CC12CCC(=O)N1C(C(=O)Nc1cccc(Cl)c1F)CS2. The molecule has 0 radical (unpaired) electrons. The average molecular weight is 329 g/mol. The lowest BCUT2D eigenvalue weighted by atomic mass is 10.2. The van der Waals surface area contributed by atoms with Gasteiger partial charge < -0.3 is 10.2 Å². The molecule has 0 aromatic heterocycles. The first kappa shape index (κ1) is 14.7. The number of hydrogen-bond donors (Lipinski definition) is 1. The summed E-state index contributed by atoms with van der Waals surface area (Å²) >= 11 is 7.29. The van der Waals surface area contributed by atoms with Gasteiger partial charge in [-0.2, -0.15) is 0 Å². The van der Waals surface area contributed by atoms with Crippen molar-refractivity contribution in [2.24, 2.45) is 0 Å². The van der Waals surface area contributed by atoms with E-state index in [0.717, 1.165) is 6.42 Å². The number of benzene rings is 1. The first-order valence-corrected chi connectivity index (χ1v) is 8.00. The topological polar surface area (TPSA) is 49.4 Å². The monoisotopic (exact) mass is 328 g/mol. The van der Waals surface area contributed by atoms with Crippen LogP contribution >= 0.6 is 23.4 Å². The number of nitrogens with one attached hydrogen (secondary N) is 1. The third-order valence-electron chi connectivity index (χ3n) is 3.96. The molecule has 0 aliphatic carbocycles. The molecule has 2 aliphatic heterocycles. The van der Waals surface area contributed by atoms with E-state index in [4.69, 9.17) is 11.6 Å². The molecule has 1 aromatic rings. The van der Waals surface area contributed by atoms with E-state index in [2.05, 4.69) is 5.32 Å². The van der Waals surface area contributed by atoms with Gasteiger partial charge in [-0.25, -0.2) is 4.39 Å². The highest BCUT2D eigenvalue weighted by Gasteiger charge is 2.52. The first-order chi connectivity index (χ1) is 9.92. The number of rotatable bonds is 2. The minimum absolute atomic E-state index is 0.0192. The molecule has 1 N–H and O–H groups in total. The highest BCUT2D eigenvalue weighted by molar-refractivity contribution is 8.01. The first-order valence-electron chi connectivity index (χ1n) is 6.63. The predicted molar refractivity (Wildman–Crippen MR) is 80.8 cm³/mol. The summed E-state index contributed by atoms with van der Waals surface area (Å²) in [6.07, 6.45) is 1.20. The molecule has 2 unspecified atom stereocenters. The number of amides is 2. The van der Waals surface area contributed by atoms with E-state index in [1.54, 1.807) is 22.7 Å². The van der Waals surface area contributed by atoms with Gasteiger partial charge in [0, 0.05) is 12.2 Å². The molecule has 2 amide bonds. The normalized spacial score (nSPS) is 27.9. The summed E-state index contributed by atoms with van der Waals surface area (Å²) in [7, 11) is 0. The van der Waals surface area contributed by atoms with Crippen molar-refractivity contribution < 1.29 is 14.0 Å². The number of carbonyl (C=O) groups is 2. The zero-order valence-electron chi connectivity index (χ0n) is 11.4. The maximum Gasteiger partial charge on any atom is 0.248 e. The molecule has 2 aliphatic rings. The number of hydrogen-bond acceptors (Lipinski definition) is 3. The summed E-state index contributed by atoms with van der Waals surface area (Å²) in [6.45, 7) is 1.97. The van der Waals surface area contributed by atoms with Crippen LogP contribution in [0, 0.1) is 5.82 Å². The molecule has 2 heterocycles. The number of halogens is 2. The largest absolute Gasteiger partial charge is 0.322 e. The Morgan fingerprint density at radius 1 is 1.57 bits per heavy atom. The number of nitrogens with zero attached hydrogens (tertiary/aromatic N) is 1. The molecule has 7 heteroatoms. The third kappa shape index (κ3) is 2.40. The second-order valence-electron chi connectivity index (χ2n) is 5.36. The smallest absolute Gasteiger partial charge is 0.248 e. The van der Waals surface area contributed by atoms with Crippen molar-refractivity contribution in [1.29, 1.82) is 0 Å². The fourth-order valence-corrected chi connectivity index (χ4v) is 4.44. The van der Waals surface area contributed by atoms with Crippen molar-refractivity contribution in [2.45, 2.75) is 30.7 Å². The van der Waals surface area contributed by atoms with Crippen LogP contribution in [-0.2, 0) is 9.59 Å². The van der Waals surface area contributed by atoms with Gasteiger partial charge in [0.2, 0.25) is 11.8 Å². The van der Waals surface area contributed by atoms with Crippen molar-refractivity contribution in [3.05, 3.63) is 29.0 Å². The highest BCUT2D eigenvalue weighted by atomic mass is 35.5. The molecular weight excluding hydrogens is 315 g/mol.